The van der Waals surface area contributed by atoms with Crippen molar-refractivity contribution >= 4 is 0 Å². The Morgan fingerprint density at radius 2 is 2.15 bits per heavy atom. The summed E-state index contributed by atoms with van der Waals surface area (Å²) in [6.07, 6.45) is 7.25. The van der Waals surface area contributed by atoms with Crippen molar-refractivity contribution in [3.05, 3.63) is 12.4 Å². The predicted octanol–water partition coefficient (Wildman–Crippen LogP) is 1.06. The third-order valence-electron chi connectivity index (χ3n) is 1.92. The first-order valence-electron chi connectivity index (χ1n) is 4.98. The normalized spacial score (nSPS) is 10.5. The van der Waals surface area contributed by atoms with Gasteiger partial charge in [0.2, 0.25) is 0 Å². The molecule has 0 amide bonds. The maximum atomic E-state index is 3.89. The highest BCUT2D eigenvalue weighted by molar-refractivity contribution is 4.63. The van der Waals surface area contributed by atoms with E-state index in [0.717, 1.165) is 26.1 Å². The first-order chi connectivity index (χ1) is 6.43. The summed E-state index contributed by atoms with van der Waals surface area (Å²) >= 11 is 0. The van der Waals surface area contributed by atoms with E-state index in [-0.39, 0.29) is 0 Å². The molecule has 0 saturated carbocycles. The number of nitrogens with one attached hydrogen (secondary N) is 1. The van der Waals surface area contributed by atoms with Crippen LogP contribution in [0.3, 0.4) is 0 Å². The Labute approximate surface area is 79.3 Å². The predicted molar refractivity (Wildman–Crippen MR) is 52.4 cm³/mol. The molecule has 0 bridgehead atoms. The van der Waals surface area contributed by atoms with E-state index in [2.05, 4.69) is 22.6 Å². The van der Waals surface area contributed by atoms with Crippen LogP contribution in [0.5, 0.6) is 0 Å². The van der Waals surface area contributed by atoms with E-state index in [1.165, 1.54) is 12.8 Å². The smallest absolute Gasteiger partial charge is 0.0692 e. The van der Waals surface area contributed by atoms with Crippen molar-refractivity contribution in [2.75, 3.05) is 13.1 Å². The summed E-state index contributed by atoms with van der Waals surface area (Å²) in [5, 5.41) is 11.0. The SMILES string of the molecule is CCCCNCCCn1ccnn1. The van der Waals surface area contributed by atoms with Gasteiger partial charge in [-0.2, -0.15) is 0 Å². The van der Waals surface area contributed by atoms with Crippen molar-refractivity contribution in [2.45, 2.75) is 32.7 Å². The van der Waals surface area contributed by atoms with Gasteiger partial charge in [0.25, 0.3) is 0 Å². The molecule has 0 spiro atoms. The van der Waals surface area contributed by atoms with Crippen LogP contribution >= 0.6 is 0 Å². The van der Waals surface area contributed by atoms with Crippen LogP contribution in [-0.4, -0.2) is 28.1 Å². The Bertz CT molecular complexity index is 195. The number of hydrogen-bond acceptors (Lipinski definition) is 3. The minimum atomic E-state index is 0.957. The lowest BCUT2D eigenvalue weighted by Crippen LogP contribution is -2.18. The molecule has 74 valence electrons. The van der Waals surface area contributed by atoms with E-state index in [9.17, 15) is 0 Å². The second kappa shape index (κ2) is 6.60. The van der Waals surface area contributed by atoms with Crippen LogP contribution in [0.4, 0.5) is 0 Å². The Hall–Kier alpha value is -0.900. The number of aromatic nitrogens is 3. The lowest BCUT2D eigenvalue weighted by Gasteiger charge is -2.02. The zero-order valence-electron chi connectivity index (χ0n) is 8.24. The molecule has 0 aromatic carbocycles. The molecule has 0 radical (unpaired) electrons. The van der Waals surface area contributed by atoms with Crippen molar-refractivity contribution in [3.63, 3.8) is 0 Å². The lowest BCUT2D eigenvalue weighted by molar-refractivity contribution is 0.525. The average Bonchev–Trinajstić information content (AvgIpc) is 2.63. The van der Waals surface area contributed by atoms with E-state index in [4.69, 9.17) is 0 Å². The maximum Gasteiger partial charge on any atom is 0.0692 e. The third-order valence-corrected chi connectivity index (χ3v) is 1.92. The molecule has 1 rings (SSSR count). The molecular formula is C9H18N4. The third kappa shape index (κ3) is 4.62. The summed E-state index contributed by atoms with van der Waals surface area (Å²) < 4.78 is 1.86. The Morgan fingerprint density at radius 1 is 1.31 bits per heavy atom. The fourth-order valence-corrected chi connectivity index (χ4v) is 1.14. The highest BCUT2D eigenvalue weighted by Gasteiger charge is 1.91. The van der Waals surface area contributed by atoms with Gasteiger partial charge >= 0.3 is 0 Å². The summed E-state index contributed by atoms with van der Waals surface area (Å²) in [5.74, 6) is 0. The minimum Gasteiger partial charge on any atom is -0.317 e. The molecule has 1 heterocycles. The van der Waals surface area contributed by atoms with Crippen LogP contribution in [0, 0.1) is 0 Å². The molecule has 13 heavy (non-hydrogen) atoms. The molecule has 0 atom stereocenters. The van der Waals surface area contributed by atoms with Crippen molar-refractivity contribution in [1.29, 1.82) is 0 Å². The van der Waals surface area contributed by atoms with Crippen molar-refractivity contribution in [2.24, 2.45) is 0 Å². The topological polar surface area (TPSA) is 42.7 Å². The second-order valence-electron chi connectivity index (χ2n) is 3.12. The van der Waals surface area contributed by atoms with Crippen molar-refractivity contribution < 1.29 is 0 Å². The summed E-state index contributed by atoms with van der Waals surface area (Å²) in [4.78, 5) is 0. The number of nitrogens with zero attached hydrogens (tertiary/aromatic N) is 3. The van der Waals surface area contributed by atoms with Gasteiger partial charge in [0.15, 0.2) is 0 Å². The molecule has 0 unspecified atom stereocenters. The number of unbranched alkanes of at least 4 members (excludes halogenated alkanes) is 1. The van der Waals surface area contributed by atoms with E-state index >= 15 is 0 Å². The second-order valence-corrected chi connectivity index (χ2v) is 3.12. The van der Waals surface area contributed by atoms with Gasteiger partial charge in [-0.05, 0) is 25.9 Å². The minimum absolute atomic E-state index is 0.957. The van der Waals surface area contributed by atoms with Gasteiger partial charge in [0.05, 0.1) is 6.20 Å². The van der Waals surface area contributed by atoms with E-state index in [1.807, 2.05) is 10.9 Å². The zero-order chi connectivity index (χ0) is 9.36. The molecule has 1 aromatic heterocycles. The molecule has 4 nitrogen and oxygen atoms in total. The monoisotopic (exact) mass is 182 g/mol. The Morgan fingerprint density at radius 3 is 2.85 bits per heavy atom. The molecule has 0 aliphatic rings. The van der Waals surface area contributed by atoms with Crippen LogP contribution < -0.4 is 5.32 Å². The molecule has 0 fully saturated rings. The van der Waals surface area contributed by atoms with Gasteiger partial charge in [-0.1, -0.05) is 18.6 Å². The largest absolute Gasteiger partial charge is 0.317 e. The van der Waals surface area contributed by atoms with Gasteiger partial charge in [-0.25, -0.2) is 0 Å². The van der Waals surface area contributed by atoms with E-state index in [0.29, 0.717) is 0 Å². The van der Waals surface area contributed by atoms with Gasteiger partial charge in [0.1, 0.15) is 0 Å². The van der Waals surface area contributed by atoms with Crippen LogP contribution in [0.15, 0.2) is 12.4 Å². The van der Waals surface area contributed by atoms with Crippen LogP contribution in [0.25, 0.3) is 0 Å². The summed E-state index contributed by atoms with van der Waals surface area (Å²) in [6, 6.07) is 0. The highest BCUT2D eigenvalue weighted by Crippen LogP contribution is 1.87. The molecule has 1 aromatic rings. The highest BCUT2D eigenvalue weighted by atomic mass is 15.4. The molecule has 4 heteroatoms. The molecule has 0 aliphatic carbocycles. The van der Waals surface area contributed by atoms with Crippen molar-refractivity contribution in [1.82, 2.24) is 20.3 Å². The molecular weight excluding hydrogens is 164 g/mol. The number of aryl methyl sites for hydroxylation is 1. The molecule has 0 saturated heterocycles. The van der Waals surface area contributed by atoms with Crippen LogP contribution in [0.1, 0.15) is 26.2 Å². The summed E-state index contributed by atoms with van der Waals surface area (Å²) in [6.45, 7) is 5.37. The summed E-state index contributed by atoms with van der Waals surface area (Å²) in [7, 11) is 0. The standard InChI is InChI=1S/C9H18N4/c1-2-3-5-10-6-4-8-13-9-7-11-12-13/h7,9-10H,2-6,8H2,1H3. The first-order valence-corrected chi connectivity index (χ1v) is 4.98. The van der Waals surface area contributed by atoms with Crippen LogP contribution in [0.2, 0.25) is 0 Å². The fourth-order valence-electron chi connectivity index (χ4n) is 1.14. The maximum absolute atomic E-state index is 3.89. The molecule has 1 N–H and O–H groups in total. The number of hydrogen-bond donors (Lipinski definition) is 1. The van der Waals surface area contributed by atoms with Crippen LogP contribution in [-0.2, 0) is 6.54 Å². The molecule has 0 aliphatic heterocycles. The Balaban J connectivity index is 1.90. The average molecular weight is 182 g/mol. The lowest BCUT2D eigenvalue weighted by atomic mass is 10.3. The zero-order valence-corrected chi connectivity index (χ0v) is 8.24. The number of rotatable bonds is 7. The van der Waals surface area contributed by atoms with Gasteiger partial charge in [-0.3, -0.25) is 4.68 Å². The van der Waals surface area contributed by atoms with E-state index < -0.39 is 0 Å². The Kier molecular flexibility index (Phi) is 5.17. The van der Waals surface area contributed by atoms with Crippen molar-refractivity contribution in [3.8, 4) is 0 Å². The van der Waals surface area contributed by atoms with Gasteiger partial charge in [0, 0.05) is 12.7 Å². The fraction of sp³-hybridized carbons (Fsp3) is 0.778. The quantitative estimate of drug-likeness (QED) is 0.641. The van der Waals surface area contributed by atoms with E-state index in [1.54, 1.807) is 6.20 Å². The van der Waals surface area contributed by atoms with Gasteiger partial charge < -0.3 is 5.32 Å². The summed E-state index contributed by atoms with van der Waals surface area (Å²) in [5.41, 5.74) is 0. The van der Waals surface area contributed by atoms with Gasteiger partial charge in [-0.15, -0.1) is 5.10 Å². The first kappa shape index (κ1) is 10.2.